The van der Waals surface area contributed by atoms with Crippen molar-refractivity contribution in [2.24, 2.45) is 34.5 Å². The van der Waals surface area contributed by atoms with Gasteiger partial charge in [-0.05, 0) is 85.1 Å². The number of rotatable bonds is 2. The molecule has 0 radical (unpaired) electrons. The Balaban J connectivity index is 1.24. The number of benzene rings is 1. The van der Waals surface area contributed by atoms with Crippen molar-refractivity contribution in [3.05, 3.63) is 36.4 Å². The van der Waals surface area contributed by atoms with Gasteiger partial charge in [-0.15, -0.1) is 5.10 Å². The van der Waals surface area contributed by atoms with Crippen molar-refractivity contribution < 1.29 is 14.4 Å². The summed E-state index contributed by atoms with van der Waals surface area (Å²) in [6.07, 6.45) is 10.1. The molecule has 7 atom stereocenters. The third-order valence-corrected chi connectivity index (χ3v) is 9.47. The summed E-state index contributed by atoms with van der Waals surface area (Å²) >= 11 is 0. The Morgan fingerprint density at radius 2 is 1.97 bits per heavy atom. The summed E-state index contributed by atoms with van der Waals surface area (Å²) in [5.74, 6) is 1.37. The van der Waals surface area contributed by atoms with Crippen LogP contribution in [0.4, 0.5) is 0 Å². The van der Waals surface area contributed by atoms with Crippen LogP contribution in [0, 0.1) is 34.5 Å². The van der Waals surface area contributed by atoms with Crippen molar-refractivity contribution in [1.82, 2.24) is 20.5 Å². The summed E-state index contributed by atoms with van der Waals surface area (Å²) in [4.78, 5) is 32.3. The predicted molar refractivity (Wildman–Crippen MR) is 118 cm³/mol. The first-order valence-electron chi connectivity index (χ1n) is 11.9. The largest absolute Gasteiger partial charge is 0.349 e. The first kappa shape index (κ1) is 19.9. The van der Waals surface area contributed by atoms with E-state index in [0.29, 0.717) is 28.8 Å². The molecule has 1 N–H and O–H groups in total. The topological polar surface area (TPSA) is 86.1 Å². The number of carbonyl (C=O) groups is 2. The van der Waals surface area contributed by atoms with Gasteiger partial charge in [-0.3, -0.25) is 4.79 Å². The molecule has 7 nitrogen and oxygen atoms in total. The number of fused-ring (bicyclic) bond motifs is 6. The first-order valence-corrected chi connectivity index (χ1v) is 11.9. The molecule has 1 amide bonds. The number of hydrogen-bond acceptors (Lipinski definition) is 5. The number of aromatic nitrogens is 3. The molecule has 1 aliphatic heterocycles. The van der Waals surface area contributed by atoms with Crippen molar-refractivity contribution in [2.75, 3.05) is 0 Å². The number of nitrogens with zero attached hydrogens (tertiary/aromatic N) is 3. The average molecular weight is 435 g/mol. The van der Waals surface area contributed by atoms with Crippen LogP contribution in [0.3, 0.4) is 0 Å². The van der Waals surface area contributed by atoms with Gasteiger partial charge in [0.15, 0.2) is 0 Å². The molecule has 3 fully saturated rings. The lowest BCUT2D eigenvalue weighted by atomic mass is 9.48. The molecule has 0 saturated heterocycles. The van der Waals surface area contributed by atoms with Crippen LogP contribution >= 0.6 is 0 Å². The molecule has 3 aliphatic carbocycles. The minimum atomic E-state index is -0.186. The minimum Gasteiger partial charge on any atom is -0.349 e. The normalized spacial score (nSPS) is 40.3. The molecule has 2 aromatic rings. The van der Waals surface area contributed by atoms with E-state index in [2.05, 4.69) is 35.6 Å². The molecule has 4 aliphatic rings. The number of carbonyl (C=O) groups excluding carboxylic acids is 2. The summed E-state index contributed by atoms with van der Waals surface area (Å²) in [5.41, 5.74) is 1.38. The van der Waals surface area contributed by atoms with E-state index >= 15 is 0 Å². The Kier molecular flexibility index (Phi) is 4.30. The van der Waals surface area contributed by atoms with Gasteiger partial charge >= 0.3 is 5.97 Å². The maximum atomic E-state index is 13.3. The van der Waals surface area contributed by atoms with E-state index in [1.165, 1.54) is 4.85 Å². The van der Waals surface area contributed by atoms with E-state index in [-0.39, 0.29) is 34.7 Å². The van der Waals surface area contributed by atoms with Crippen molar-refractivity contribution in [3.8, 4) is 0 Å². The van der Waals surface area contributed by atoms with Crippen LogP contribution in [-0.2, 0) is 9.59 Å². The lowest BCUT2D eigenvalue weighted by molar-refractivity contribution is -0.158. The Morgan fingerprint density at radius 1 is 1.12 bits per heavy atom. The molecule has 3 saturated carbocycles. The van der Waals surface area contributed by atoms with Gasteiger partial charge in [0.05, 0.1) is 5.92 Å². The van der Waals surface area contributed by atoms with E-state index in [0.717, 1.165) is 38.5 Å². The molecule has 2 heterocycles. The lowest BCUT2D eigenvalue weighted by Crippen LogP contribution is -2.59. The number of hydrogen-bond donors (Lipinski definition) is 1. The molecule has 2 unspecified atom stereocenters. The Morgan fingerprint density at radius 3 is 2.84 bits per heavy atom. The fourth-order valence-electron chi connectivity index (χ4n) is 7.78. The van der Waals surface area contributed by atoms with Crippen LogP contribution in [-0.4, -0.2) is 33.1 Å². The van der Waals surface area contributed by atoms with Crippen LogP contribution < -0.4 is 10.2 Å². The summed E-state index contributed by atoms with van der Waals surface area (Å²) in [6, 6.07) is 7.74. The third-order valence-electron chi connectivity index (χ3n) is 9.47. The molecular formula is C25H30N4O3. The highest BCUT2D eigenvalue weighted by atomic mass is 16.7. The van der Waals surface area contributed by atoms with Crippen molar-refractivity contribution in [2.45, 2.75) is 58.4 Å². The van der Waals surface area contributed by atoms with Gasteiger partial charge < -0.3 is 10.2 Å². The molecule has 6 rings (SSSR count). The summed E-state index contributed by atoms with van der Waals surface area (Å²) in [6.45, 7) is 4.63. The monoisotopic (exact) mass is 434 g/mol. The predicted octanol–water partition coefficient (Wildman–Crippen LogP) is 3.30. The quantitative estimate of drug-likeness (QED) is 0.733. The van der Waals surface area contributed by atoms with Crippen LogP contribution in [0.2, 0.25) is 0 Å². The summed E-state index contributed by atoms with van der Waals surface area (Å²) < 4.78 is 0. The number of para-hydroxylation sites is 1. The SMILES string of the molecule is C[C@]12C=CC(=O)NC1CC[C@@H]1[C@H]2CC[C@]2(C)C(C(=O)On3nnc4ccccc43)CC[C@@H]12. The van der Waals surface area contributed by atoms with Crippen LogP contribution in [0.5, 0.6) is 0 Å². The molecule has 7 heteroatoms. The van der Waals surface area contributed by atoms with Crippen molar-refractivity contribution in [3.63, 3.8) is 0 Å². The molecule has 0 bridgehead atoms. The zero-order valence-corrected chi connectivity index (χ0v) is 18.7. The van der Waals surface area contributed by atoms with Gasteiger partial charge in [-0.25, -0.2) is 4.79 Å². The first-order chi connectivity index (χ1) is 15.4. The maximum Gasteiger partial charge on any atom is 0.338 e. The standard InChI is InChI=1S/C25H30N4O3/c1-24-13-11-17-15(7-10-21-25(17,2)14-12-22(30)26-21)16(24)8-9-18(24)23(31)32-29-20-6-4-3-5-19(20)27-28-29/h3-6,12,14-18,21H,7-11,13H2,1-2H3,(H,26,30)/t15-,16-,17+,18?,21?,24-,25+/m0/s1. The number of nitrogens with one attached hydrogen (secondary N) is 1. The highest BCUT2D eigenvalue weighted by molar-refractivity contribution is 5.89. The second kappa shape index (κ2) is 6.90. The van der Waals surface area contributed by atoms with Crippen molar-refractivity contribution >= 4 is 22.9 Å². The molecule has 32 heavy (non-hydrogen) atoms. The lowest BCUT2D eigenvalue weighted by Gasteiger charge is -2.58. The van der Waals surface area contributed by atoms with Gasteiger partial charge in [0, 0.05) is 11.5 Å². The van der Waals surface area contributed by atoms with Gasteiger partial charge in [0.25, 0.3) is 0 Å². The van der Waals surface area contributed by atoms with Crippen molar-refractivity contribution in [1.29, 1.82) is 0 Å². The molecule has 1 aromatic carbocycles. The fourth-order valence-corrected chi connectivity index (χ4v) is 7.78. The Bertz CT molecular complexity index is 1130. The van der Waals surface area contributed by atoms with Gasteiger partial charge in [0.2, 0.25) is 5.91 Å². The van der Waals surface area contributed by atoms with E-state index in [1.54, 1.807) is 6.08 Å². The van der Waals surface area contributed by atoms with Crippen LogP contribution in [0.25, 0.3) is 11.0 Å². The molecular weight excluding hydrogens is 404 g/mol. The van der Waals surface area contributed by atoms with Crippen LogP contribution in [0.1, 0.15) is 52.4 Å². The fraction of sp³-hybridized carbons (Fsp3) is 0.600. The highest BCUT2D eigenvalue weighted by Crippen LogP contribution is 2.65. The molecule has 0 spiro atoms. The summed E-state index contributed by atoms with van der Waals surface area (Å²) in [7, 11) is 0. The van der Waals surface area contributed by atoms with Gasteiger partial charge in [-0.2, -0.15) is 0 Å². The van der Waals surface area contributed by atoms with Crippen LogP contribution in [0.15, 0.2) is 36.4 Å². The molecule has 1 aromatic heterocycles. The second-order valence-electron chi connectivity index (χ2n) is 10.8. The van der Waals surface area contributed by atoms with E-state index in [4.69, 9.17) is 4.84 Å². The van der Waals surface area contributed by atoms with E-state index in [1.807, 2.05) is 24.3 Å². The third kappa shape index (κ3) is 2.72. The minimum absolute atomic E-state index is 0.0103. The van der Waals surface area contributed by atoms with E-state index in [9.17, 15) is 9.59 Å². The maximum absolute atomic E-state index is 13.3. The average Bonchev–Trinajstić information content (AvgIpc) is 3.35. The Hall–Kier alpha value is -2.70. The smallest absolute Gasteiger partial charge is 0.338 e. The number of amides is 1. The van der Waals surface area contributed by atoms with E-state index < -0.39 is 0 Å². The van der Waals surface area contributed by atoms with Gasteiger partial charge in [0.1, 0.15) is 11.0 Å². The zero-order chi connectivity index (χ0) is 22.1. The highest BCUT2D eigenvalue weighted by Gasteiger charge is 2.61. The molecule has 168 valence electrons. The Labute approximate surface area is 187 Å². The van der Waals surface area contributed by atoms with Gasteiger partial charge in [-0.1, -0.05) is 36.9 Å². The summed E-state index contributed by atoms with van der Waals surface area (Å²) in [5, 5.41) is 11.4. The second-order valence-corrected chi connectivity index (χ2v) is 10.8. The zero-order valence-electron chi connectivity index (χ0n) is 18.7.